The maximum absolute atomic E-state index is 12.3. The Balaban J connectivity index is 3.33. The summed E-state index contributed by atoms with van der Waals surface area (Å²) in [6.45, 7) is 0. The third-order valence-electron chi connectivity index (χ3n) is 1.80. The van der Waals surface area contributed by atoms with Crippen LogP contribution in [0.3, 0.4) is 0 Å². The quantitative estimate of drug-likeness (QED) is 0.784. The molecule has 0 aromatic heterocycles. The largest absolute Gasteiger partial charge is 0.507 e. The van der Waals surface area contributed by atoms with Gasteiger partial charge >= 0.3 is 12.1 Å². The Kier molecular flexibility index (Phi) is 3.32. The van der Waals surface area contributed by atoms with Gasteiger partial charge in [0.15, 0.2) is 0 Å². The van der Waals surface area contributed by atoms with Crippen LogP contribution < -0.4 is 0 Å². The zero-order valence-corrected chi connectivity index (χ0v) is 8.69. The van der Waals surface area contributed by atoms with Gasteiger partial charge in [-0.2, -0.15) is 13.2 Å². The van der Waals surface area contributed by atoms with Crippen molar-refractivity contribution in [2.75, 3.05) is 7.11 Å². The van der Waals surface area contributed by atoms with E-state index in [4.69, 9.17) is 16.7 Å². The van der Waals surface area contributed by atoms with E-state index in [1.807, 2.05) is 0 Å². The molecule has 3 nitrogen and oxygen atoms in total. The normalized spacial score (nSPS) is 11.3. The predicted octanol–water partition coefficient (Wildman–Crippen LogP) is 2.85. The molecule has 0 bridgehead atoms. The summed E-state index contributed by atoms with van der Waals surface area (Å²) in [6, 6.07) is 1.10. The molecule has 0 atom stereocenters. The van der Waals surface area contributed by atoms with E-state index < -0.39 is 28.5 Å². The number of phenolic OH excluding ortho intramolecular Hbond substituents is 1. The molecule has 0 aliphatic carbocycles. The minimum atomic E-state index is -4.73. The van der Waals surface area contributed by atoms with E-state index in [1.54, 1.807) is 0 Å². The SMILES string of the molecule is COC(=O)c1cc(O)c(C(F)(F)F)cc1Cl. The third kappa shape index (κ3) is 2.38. The van der Waals surface area contributed by atoms with E-state index in [-0.39, 0.29) is 5.56 Å². The van der Waals surface area contributed by atoms with Gasteiger partial charge in [0.25, 0.3) is 0 Å². The third-order valence-corrected chi connectivity index (χ3v) is 2.11. The number of carbonyl (C=O) groups excluding carboxylic acids is 1. The average Bonchev–Trinajstić information content (AvgIpc) is 2.18. The molecule has 7 heteroatoms. The lowest BCUT2D eigenvalue weighted by atomic mass is 10.1. The molecule has 0 saturated carbocycles. The molecule has 1 aromatic rings. The van der Waals surface area contributed by atoms with Crippen LogP contribution in [0.2, 0.25) is 5.02 Å². The van der Waals surface area contributed by atoms with Crippen LogP contribution in [0.25, 0.3) is 0 Å². The van der Waals surface area contributed by atoms with E-state index in [0.717, 1.165) is 7.11 Å². The molecular weight excluding hydrogens is 249 g/mol. The highest BCUT2D eigenvalue weighted by molar-refractivity contribution is 6.33. The van der Waals surface area contributed by atoms with Gasteiger partial charge in [-0.3, -0.25) is 0 Å². The van der Waals surface area contributed by atoms with Crippen LogP contribution in [0.4, 0.5) is 13.2 Å². The van der Waals surface area contributed by atoms with Crippen molar-refractivity contribution in [3.8, 4) is 5.75 Å². The van der Waals surface area contributed by atoms with Crippen molar-refractivity contribution in [2.45, 2.75) is 6.18 Å². The van der Waals surface area contributed by atoms with E-state index >= 15 is 0 Å². The summed E-state index contributed by atoms with van der Waals surface area (Å²) in [5.74, 6) is -1.99. The number of carbonyl (C=O) groups is 1. The molecule has 1 aromatic carbocycles. The van der Waals surface area contributed by atoms with Crippen LogP contribution in [0.5, 0.6) is 5.75 Å². The predicted molar refractivity (Wildman–Crippen MR) is 49.5 cm³/mol. The van der Waals surface area contributed by atoms with Crippen LogP contribution in [-0.4, -0.2) is 18.2 Å². The number of ether oxygens (including phenoxy) is 1. The first kappa shape index (κ1) is 12.6. The molecule has 0 saturated heterocycles. The van der Waals surface area contributed by atoms with Gasteiger partial charge in [-0.25, -0.2) is 4.79 Å². The minimum absolute atomic E-state index is 0.324. The summed E-state index contributed by atoms with van der Waals surface area (Å²) in [5, 5.41) is 8.68. The lowest BCUT2D eigenvalue weighted by molar-refractivity contribution is -0.138. The van der Waals surface area contributed by atoms with Crippen molar-refractivity contribution in [3.63, 3.8) is 0 Å². The van der Waals surface area contributed by atoms with Crippen molar-refractivity contribution < 1.29 is 27.8 Å². The van der Waals surface area contributed by atoms with Gasteiger partial charge in [-0.15, -0.1) is 0 Å². The van der Waals surface area contributed by atoms with E-state index in [9.17, 15) is 18.0 Å². The molecule has 1 N–H and O–H groups in total. The Morgan fingerprint density at radius 3 is 2.44 bits per heavy atom. The number of esters is 1. The lowest BCUT2D eigenvalue weighted by Gasteiger charge is -2.11. The molecule has 1 rings (SSSR count). The molecule has 0 aliphatic rings. The number of hydrogen-bond donors (Lipinski definition) is 1. The number of aromatic hydroxyl groups is 1. The van der Waals surface area contributed by atoms with Crippen molar-refractivity contribution >= 4 is 17.6 Å². The maximum atomic E-state index is 12.3. The first-order chi connectivity index (χ1) is 7.27. The van der Waals surface area contributed by atoms with Gasteiger partial charge in [-0.1, -0.05) is 11.6 Å². The number of alkyl halides is 3. The molecule has 0 spiro atoms. The smallest absolute Gasteiger partial charge is 0.420 e. The second-order valence-electron chi connectivity index (χ2n) is 2.84. The molecule has 0 heterocycles. The van der Waals surface area contributed by atoms with Crippen molar-refractivity contribution in [1.29, 1.82) is 0 Å². The number of halogens is 4. The number of methoxy groups -OCH3 is 1. The summed E-state index contributed by atoms with van der Waals surface area (Å²) < 4.78 is 41.2. The zero-order chi connectivity index (χ0) is 12.5. The van der Waals surface area contributed by atoms with Gasteiger partial charge in [0.2, 0.25) is 0 Å². The van der Waals surface area contributed by atoms with Gasteiger partial charge in [-0.05, 0) is 12.1 Å². The highest BCUT2D eigenvalue weighted by Crippen LogP contribution is 2.38. The fourth-order valence-electron chi connectivity index (χ4n) is 1.06. The van der Waals surface area contributed by atoms with Crippen molar-refractivity contribution in [3.05, 3.63) is 28.3 Å². The molecule has 88 valence electrons. The molecule has 0 radical (unpaired) electrons. The summed E-state index contributed by atoms with van der Waals surface area (Å²) in [5.41, 5.74) is -1.63. The van der Waals surface area contributed by atoms with Crippen LogP contribution in [0.1, 0.15) is 15.9 Å². The summed E-state index contributed by atoms with van der Waals surface area (Å²) in [4.78, 5) is 11.0. The summed E-state index contributed by atoms with van der Waals surface area (Å²) >= 11 is 5.47. The minimum Gasteiger partial charge on any atom is -0.507 e. The Bertz CT molecular complexity index is 429. The number of hydrogen-bond acceptors (Lipinski definition) is 3. The van der Waals surface area contributed by atoms with Crippen molar-refractivity contribution in [2.24, 2.45) is 0 Å². The highest BCUT2D eigenvalue weighted by atomic mass is 35.5. The average molecular weight is 255 g/mol. The Hall–Kier alpha value is -1.43. The Morgan fingerprint density at radius 2 is 2.00 bits per heavy atom. The van der Waals surface area contributed by atoms with Gasteiger partial charge in [0.1, 0.15) is 5.75 Å². The van der Waals surface area contributed by atoms with E-state index in [1.165, 1.54) is 0 Å². The number of phenols is 1. The monoisotopic (exact) mass is 254 g/mol. The fraction of sp³-hybridized carbons (Fsp3) is 0.222. The standard InChI is InChI=1S/C9H6ClF3O3/c1-16-8(15)4-2-7(14)5(3-6(4)10)9(11,12)13/h2-3,14H,1H3. The van der Waals surface area contributed by atoms with Crippen molar-refractivity contribution in [1.82, 2.24) is 0 Å². The first-order valence-corrected chi connectivity index (χ1v) is 4.33. The van der Waals surface area contributed by atoms with Crippen LogP contribution in [-0.2, 0) is 10.9 Å². The Morgan fingerprint density at radius 1 is 1.44 bits per heavy atom. The highest BCUT2D eigenvalue weighted by Gasteiger charge is 2.35. The zero-order valence-electron chi connectivity index (χ0n) is 7.93. The topological polar surface area (TPSA) is 46.5 Å². The lowest BCUT2D eigenvalue weighted by Crippen LogP contribution is -2.08. The van der Waals surface area contributed by atoms with Gasteiger partial charge in [0, 0.05) is 0 Å². The van der Waals surface area contributed by atoms with Gasteiger partial charge < -0.3 is 9.84 Å². The molecule has 0 unspecified atom stereocenters. The number of benzene rings is 1. The molecular formula is C9H6ClF3O3. The molecule has 16 heavy (non-hydrogen) atoms. The molecule has 0 amide bonds. The van der Waals surface area contributed by atoms with Crippen LogP contribution in [0, 0.1) is 0 Å². The maximum Gasteiger partial charge on any atom is 0.420 e. The second kappa shape index (κ2) is 4.21. The van der Waals surface area contributed by atoms with E-state index in [0.29, 0.717) is 12.1 Å². The van der Waals surface area contributed by atoms with E-state index in [2.05, 4.69) is 4.74 Å². The molecule has 0 fully saturated rings. The number of rotatable bonds is 1. The Labute approximate surface area is 93.4 Å². The fourth-order valence-corrected chi connectivity index (χ4v) is 1.30. The molecule has 0 aliphatic heterocycles. The first-order valence-electron chi connectivity index (χ1n) is 3.95. The summed E-state index contributed by atoms with van der Waals surface area (Å²) in [7, 11) is 1.05. The summed E-state index contributed by atoms with van der Waals surface area (Å²) in [6.07, 6.45) is -4.73. The second-order valence-corrected chi connectivity index (χ2v) is 3.25. The van der Waals surface area contributed by atoms with Crippen LogP contribution >= 0.6 is 11.6 Å². The van der Waals surface area contributed by atoms with Gasteiger partial charge in [0.05, 0.1) is 23.3 Å². The van der Waals surface area contributed by atoms with Crippen LogP contribution in [0.15, 0.2) is 12.1 Å².